The van der Waals surface area contributed by atoms with Crippen LogP contribution in [0.2, 0.25) is 0 Å². The quantitative estimate of drug-likeness (QED) is 0.652. The van der Waals surface area contributed by atoms with Crippen molar-refractivity contribution < 1.29 is 4.79 Å². The van der Waals surface area contributed by atoms with Crippen LogP contribution in [0.5, 0.6) is 0 Å². The van der Waals surface area contributed by atoms with E-state index in [2.05, 4.69) is 0 Å². The molecule has 1 aliphatic carbocycles. The Labute approximate surface area is 103 Å². The molecule has 2 unspecified atom stereocenters. The van der Waals surface area contributed by atoms with Gasteiger partial charge in [-0.3, -0.25) is 4.79 Å². The molecule has 0 saturated carbocycles. The minimum absolute atomic E-state index is 0.00234. The molecule has 15 heavy (non-hydrogen) atoms. The third-order valence-corrected chi connectivity index (χ3v) is 4.56. The van der Waals surface area contributed by atoms with Crippen LogP contribution in [-0.4, -0.2) is 11.2 Å². The maximum Gasteiger partial charge on any atom is 0.167 e. The van der Waals surface area contributed by atoms with Crippen LogP contribution in [0.1, 0.15) is 22.8 Å². The molecule has 1 nitrogen and oxygen atoms in total. The fourth-order valence-corrected chi connectivity index (χ4v) is 2.77. The van der Waals surface area contributed by atoms with E-state index in [1.54, 1.807) is 31.2 Å². The van der Waals surface area contributed by atoms with E-state index in [1.807, 2.05) is 0 Å². The first-order chi connectivity index (χ1) is 6.96. The van der Waals surface area contributed by atoms with Gasteiger partial charge in [0.15, 0.2) is 10.1 Å². The lowest BCUT2D eigenvalue weighted by atomic mass is 9.83. The summed E-state index contributed by atoms with van der Waals surface area (Å²) in [5.74, 6) is -0.362. The number of carbonyl (C=O) groups is 1. The van der Waals surface area contributed by atoms with E-state index < -0.39 is 9.71 Å². The average molecular weight is 264 g/mol. The largest absolute Gasteiger partial charge is 0.294 e. The number of hydrogen-bond donors (Lipinski definition) is 0. The highest BCUT2D eigenvalue weighted by Gasteiger charge is 2.47. The SMILES string of the molecule is CC1C(=O)c2ccccc2C(Cl)(Cl)C1Cl. The zero-order valence-electron chi connectivity index (χ0n) is 8.01. The summed E-state index contributed by atoms with van der Waals surface area (Å²) in [7, 11) is 0. The fraction of sp³-hybridized carbons (Fsp3) is 0.364. The van der Waals surface area contributed by atoms with Crippen molar-refractivity contribution in [3.8, 4) is 0 Å². The molecule has 0 radical (unpaired) electrons. The minimum atomic E-state index is -1.19. The summed E-state index contributed by atoms with van der Waals surface area (Å²) in [5.41, 5.74) is 1.18. The molecule has 0 heterocycles. The van der Waals surface area contributed by atoms with Gasteiger partial charge in [0.05, 0.1) is 5.38 Å². The van der Waals surface area contributed by atoms with Gasteiger partial charge in [0.25, 0.3) is 0 Å². The molecular formula is C11H9Cl3O. The van der Waals surface area contributed by atoms with Gasteiger partial charge in [0.1, 0.15) is 0 Å². The fourth-order valence-electron chi connectivity index (χ4n) is 1.83. The van der Waals surface area contributed by atoms with Crippen molar-refractivity contribution in [2.45, 2.75) is 16.6 Å². The first-order valence-electron chi connectivity index (χ1n) is 4.62. The molecule has 0 fully saturated rings. The maximum absolute atomic E-state index is 11.9. The highest BCUT2D eigenvalue weighted by molar-refractivity contribution is 6.53. The van der Waals surface area contributed by atoms with Gasteiger partial charge in [0, 0.05) is 17.0 Å². The van der Waals surface area contributed by atoms with Crippen LogP contribution in [0, 0.1) is 5.92 Å². The third kappa shape index (κ3) is 1.57. The molecule has 4 heteroatoms. The smallest absolute Gasteiger partial charge is 0.167 e. The standard InChI is InChI=1S/C11H9Cl3O/c1-6-9(15)7-4-2-3-5-8(7)11(13,14)10(6)12/h2-6,10H,1H3. The normalized spacial score (nSPS) is 28.7. The Kier molecular flexibility index (Phi) is 2.74. The Morgan fingerprint density at radius 1 is 1.27 bits per heavy atom. The summed E-state index contributed by atoms with van der Waals surface area (Å²) in [6.45, 7) is 1.75. The predicted octanol–water partition coefficient (Wildman–Crippen LogP) is 3.76. The van der Waals surface area contributed by atoms with Crippen LogP contribution in [0.25, 0.3) is 0 Å². The van der Waals surface area contributed by atoms with Gasteiger partial charge in [-0.15, -0.1) is 11.6 Å². The number of benzene rings is 1. The summed E-state index contributed by atoms with van der Waals surface area (Å²) in [5, 5.41) is -0.594. The van der Waals surface area contributed by atoms with E-state index in [4.69, 9.17) is 34.8 Å². The monoisotopic (exact) mass is 262 g/mol. The molecule has 0 saturated heterocycles. The van der Waals surface area contributed by atoms with Gasteiger partial charge in [-0.05, 0) is 0 Å². The van der Waals surface area contributed by atoms with Crippen molar-refractivity contribution in [1.82, 2.24) is 0 Å². The lowest BCUT2D eigenvalue weighted by Gasteiger charge is -2.35. The third-order valence-electron chi connectivity index (χ3n) is 2.75. The van der Waals surface area contributed by atoms with Crippen LogP contribution < -0.4 is 0 Å². The number of alkyl halides is 3. The lowest BCUT2D eigenvalue weighted by Crippen LogP contribution is -2.40. The second-order valence-electron chi connectivity index (χ2n) is 3.72. The number of Topliss-reactive ketones (excluding diaryl/α,β-unsaturated/α-hetero) is 1. The summed E-state index contributed by atoms with van der Waals surface area (Å²) in [6.07, 6.45) is 0. The molecule has 0 aromatic heterocycles. The average Bonchev–Trinajstić information content (AvgIpc) is 2.24. The zero-order valence-corrected chi connectivity index (χ0v) is 10.3. The molecule has 1 aromatic rings. The highest BCUT2D eigenvalue weighted by Crippen LogP contribution is 2.48. The van der Waals surface area contributed by atoms with Crippen molar-refractivity contribution in [2.24, 2.45) is 5.92 Å². The Hall–Kier alpha value is -0.240. The number of halogens is 3. The topological polar surface area (TPSA) is 17.1 Å². The van der Waals surface area contributed by atoms with E-state index in [0.29, 0.717) is 11.1 Å². The van der Waals surface area contributed by atoms with Crippen molar-refractivity contribution in [1.29, 1.82) is 0 Å². The lowest BCUT2D eigenvalue weighted by molar-refractivity contribution is 0.0911. The molecule has 0 aliphatic heterocycles. The first-order valence-corrected chi connectivity index (χ1v) is 5.81. The molecule has 1 aliphatic rings. The molecule has 2 rings (SSSR count). The Bertz CT molecular complexity index is 414. The van der Waals surface area contributed by atoms with Gasteiger partial charge < -0.3 is 0 Å². The molecule has 1 aromatic carbocycles. The van der Waals surface area contributed by atoms with Gasteiger partial charge in [-0.1, -0.05) is 54.4 Å². The van der Waals surface area contributed by atoms with E-state index in [1.165, 1.54) is 0 Å². The number of ketones is 1. The number of rotatable bonds is 0. The predicted molar refractivity (Wildman–Crippen MR) is 63.0 cm³/mol. The molecule has 2 atom stereocenters. The molecule has 0 amide bonds. The number of hydrogen-bond acceptors (Lipinski definition) is 1. The summed E-state index contributed by atoms with van der Waals surface area (Å²) in [6, 6.07) is 7.07. The van der Waals surface area contributed by atoms with Crippen molar-refractivity contribution in [2.75, 3.05) is 0 Å². The van der Waals surface area contributed by atoms with Crippen molar-refractivity contribution >= 4 is 40.6 Å². The minimum Gasteiger partial charge on any atom is -0.294 e. The van der Waals surface area contributed by atoms with Crippen LogP contribution >= 0.6 is 34.8 Å². The van der Waals surface area contributed by atoms with E-state index in [0.717, 1.165) is 0 Å². The zero-order chi connectivity index (χ0) is 11.2. The van der Waals surface area contributed by atoms with Crippen LogP contribution in [0.15, 0.2) is 24.3 Å². The molecule has 0 bridgehead atoms. The summed E-state index contributed by atoms with van der Waals surface area (Å²) < 4.78 is -1.19. The van der Waals surface area contributed by atoms with Crippen molar-refractivity contribution in [3.63, 3.8) is 0 Å². The summed E-state index contributed by atoms with van der Waals surface area (Å²) >= 11 is 18.5. The summed E-state index contributed by atoms with van der Waals surface area (Å²) in [4.78, 5) is 11.9. The van der Waals surface area contributed by atoms with Gasteiger partial charge >= 0.3 is 0 Å². The van der Waals surface area contributed by atoms with Gasteiger partial charge in [-0.2, -0.15) is 0 Å². The van der Waals surface area contributed by atoms with Gasteiger partial charge in [-0.25, -0.2) is 0 Å². The Morgan fingerprint density at radius 2 is 1.87 bits per heavy atom. The van der Waals surface area contributed by atoms with Crippen LogP contribution in [0.4, 0.5) is 0 Å². The molecule has 80 valence electrons. The number of carbonyl (C=O) groups excluding carboxylic acids is 1. The van der Waals surface area contributed by atoms with Crippen LogP contribution in [0.3, 0.4) is 0 Å². The first kappa shape index (κ1) is 11.3. The van der Waals surface area contributed by atoms with E-state index in [-0.39, 0.29) is 11.7 Å². The molecule has 0 N–H and O–H groups in total. The second kappa shape index (κ2) is 3.65. The van der Waals surface area contributed by atoms with E-state index in [9.17, 15) is 4.79 Å². The molecule has 0 spiro atoms. The highest BCUT2D eigenvalue weighted by atomic mass is 35.5. The molecular weight excluding hydrogens is 254 g/mol. The maximum atomic E-state index is 11.9. The Balaban J connectivity index is 2.66. The van der Waals surface area contributed by atoms with E-state index >= 15 is 0 Å². The van der Waals surface area contributed by atoms with Gasteiger partial charge in [0.2, 0.25) is 0 Å². The second-order valence-corrected chi connectivity index (χ2v) is 5.58. The Morgan fingerprint density at radius 3 is 2.53 bits per heavy atom. The van der Waals surface area contributed by atoms with Crippen LogP contribution in [-0.2, 0) is 4.33 Å². The van der Waals surface area contributed by atoms with Crippen molar-refractivity contribution in [3.05, 3.63) is 35.4 Å². The number of fused-ring (bicyclic) bond motifs is 1.